The van der Waals surface area contributed by atoms with E-state index in [1.54, 1.807) is 31.3 Å². The van der Waals surface area contributed by atoms with Gasteiger partial charge in [0.25, 0.3) is 5.91 Å². The van der Waals surface area contributed by atoms with Crippen molar-refractivity contribution in [3.8, 4) is 0 Å². The van der Waals surface area contributed by atoms with Gasteiger partial charge in [-0.25, -0.2) is 0 Å². The third-order valence-corrected chi connectivity index (χ3v) is 5.02. The Morgan fingerprint density at radius 3 is 2.14 bits per heavy atom. The predicted molar refractivity (Wildman–Crippen MR) is 113 cm³/mol. The molecule has 29 heavy (non-hydrogen) atoms. The van der Waals surface area contributed by atoms with Crippen LogP contribution in [0.1, 0.15) is 23.2 Å². The van der Waals surface area contributed by atoms with Gasteiger partial charge in [-0.2, -0.15) is 0 Å². The smallest absolute Gasteiger partial charge is 0.251 e. The highest BCUT2D eigenvalue weighted by molar-refractivity contribution is 5.96. The number of carbonyl (C=O) groups is 3. The molecule has 3 amide bonds. The molecule has 1 heterocycles. The van der Waals surface area contributed by atoms with Gasteiger partial charge in [-0.15, -0.1) is 0 Å². The minimum Gasteiger partial charge on any atom is -0.355 e. The molecule has 0 aromatic heterocycles. The summed E-state index contributed by atoms with van der Waals surface area (Å²) in [6.07, 6.45) is 1.46. The summed E-state index contributed by atoms with van der Waals surface area (Å²) in [5.41, 5.74) is 2.00. The molecule has 0 bridgehead atoms. The number of hydrogen-bond donors (Lipinski definition) is 3. The minimum atomic E-state index is -0.165. The van der Waals surface area contributed by atoms with Crippen LogP contribution in [-0.4, -0.2) is 49.3 Å². The van der Waals surface area contributed by atoms with Crippen LogP contribution in [0.3, 0.4) is 0 Å². The number of piperidine rings is 1. The van der Waals surface area contributed by atoms with Crippen molar-refractivity contribution in [2.45, 2.75) is 12.8 Å². The van der Waals surface area contributed by atoms with Crippen LogP contribution in [0.2, 0.25) is 0 Å². The Hall–Kier alpha value is -3.19. The van der Waals surface area contributed by atoms with E-state index in [4.69, 9.17) is 0 Å². The van der Waals surface area contributed by atoms with Crippen LogP contribution in [-0.2, 0) is 9.59 Å². The number of benzene rings is 2. The lowest BCUT2D eigenvalue weighted by Crippen LogP contribution is -2.41. The van der Waals surface area contributed by atoms with Gasteiger partial charge < -0.3 is 16.0 Å². The van der Waals surface area contributed by atoms with Gasteiger partial charge in [-0.05, 0) is 62.3 Å². The highest BCUT2D eigenvalue weighted by Crippen LogP contribution is 2.19. The molecular weight excluding hydrogens is 368 g/mol. The van der Waals surface area contributed by atoms with Crippen LogP contribution in [0.4, 0.5) is 11.4 Å². The fourth-order valence-corrected chi connectivity index (χ4v) is 3.37. The number of likely N-dealkylation sites (tertiary alicyclic amines) is 1. The topological polar surface area (TPSA) is 90.5 Å². The summed E-state index contributed by atoms with van der Waals surface area (Å²) in [5, 5.41) is 8.36. The second-order valence-electron chi connectivity index (χ2n) is 7.11. The number of amides is 3. The zero-order valence-corrected chi connectivity index (χ0v) is 16.5. The fraction of sp³-hybridized carbons (Fsp3) is 0.318. The number of anilines is 2. The molecule has 0 unspecified atom stereocenters. The van der Waals surface area contributed by atoms with Crippen LogP contribution < -0.4 is 16.0 Å². The molecule has 0 radical (unpaired) electrons. The Morgan fingerprint density at radius 1 is 0.897 bits per heavy atom. The summed E-state index contributed by atoms with van der Waals surface area (Å²) < 4.78 is 0. The van der Waals surface area contributed by atoms with Gasteiger partial charge >= 0.3 is 0 Å². The lowest BCUT2D eigenvalue weighted by molar-refractivity contribution is -0.121. The van der Waals surface area contributed by atoms with Crippen LogP contribution >= 0.6 is 0 Å². The molecule has 152 valence electrons. The van der Waals surface area contributed by atoms with Crippen molar-refractivity contribution >= 4 is 29.1 Å². The summed E-state index contributed by atoms with van der Waals surface area (Å²) in [4.78, 5) is 38.3. The molecule has 3 rings (SSSR count). The normalized spacial score (nSPS) is 14.8. The highest BCUT2D eigenvalue weighted by Gasteiger charge is 2.26. The third-order valence-electron chi connectivity index (χ3n) is 5.02. The maximum absolute atomic E-state index is 12.4. The molecule has 1 aliphatic heterocycles. The van der Waals surface area contributed by atoms with Crippen molar-refractivity contribution in [3.05, 3.63) is 60.2 Å². The molecule has 0 atom stereocenters. The Balaban J connectivity index is 1.42. The Labute approximate surface area is 170 Å². The van der Waals surface area contributed by atoms with E-state index in [2.05, 4.69) is 20.9 Å². The maximum atomic E-state index is 12.4. The first kappa shape index (κ1) is 20.5. The second-order valence-corrected chi connectivity index (χ2v) is 7.11. The number of rotatable bonds is 6. The van der Waals surface area contributed by atoms with E-state index in [0.29, 0.717) is 24.3 Å². The van der Waals surface area contributed by atoms with Gasteiger partial charge in [0.15, 0.2) is 0 Å². The molecule has 7 nitrogen and oxygen atoms in total. The standard InChI is InChI=1S/C22H26N4O3/c1-23-21(28)16-7-9-19(10-8-16)24-20(27)15-26-13-11-17(12-14-26)22(29)25-18-5-3-2-4-6-18/h2-10,17H,11-15H2,1H3,(H,23,28)(H,24,27)(H,25,29). The van der Waals surface area contributed by atoms with Crippen molar-refractivity contribution in [3.63, 3.8) is 0 Å². The van der Waals surface area contributed by atoms with E-state index < -0.39 is 0 Å². The molecule has 1 fully saturated rings. The maximum Gasteiger partial charge on any atom is 0.251 e. The zero-order valence-electron chi connectivity index (χ0n) is 16.5. The summed E-state index contributed by atoms with van der Waals surface area (Å²) in [5.74, 6) is -0.268. The summed E-state index contributed by atoms with van der Waals surface area (Å²) >= 11 is 0. The molecule has 1 saturated heterocycles. The monoisotopic (exact) mass is 394 g/mol. The molecule has 3 N–H and O–H groups in total. The first-order valence-electron chi connectivity index (χ1n) is 9.75. The second kappa shape index (κ2) is 9.84. The van der Waals surface area contributed by atoms with Gasteiger partial charge in [0.1, 0.15) is 0 Å². The predicted octanol–water partition coefficient (Wildman–Crippen LogP) is 2.34. The van der Waals surface area contributed by atoms with Gasteiger partial charge in [-0.3, -0.25) is 19.3 Å². The van der Waals surface area contributed by atoms with Gasteiger partial charge in [0.05, 0.1) is 6.54 Å². The summed E-state index contributed by atoms with van der Waals surface area (Å²) in [6.45, 7) is 1.69. The van der Waals surface area contributed by atoms with Crippen LogP contribution in [0.25, 0.3) is 0 Å². The van der Waals surface area contributed by atoms with Crippen LogP contribution in [0, 0.1) is 5.92 Å². The van der Waals surface area contributed by atoms with E-state index in [1.165, 1.54) is 0 Å². The number of nitrogens with one attached hydrogen (secondary N) is 3. The number of nitrogens with zero attached hydrogens (tertiary/aromatic N) is 1. The molecule has 2 aromatic rings. The van der Waals surface area contributed by atoms with Crippen molar-refractivity contribution in [1.82, 2.24) is 10.2 Å². The zero-order chi connectivity index (χ0) is 20.6. The molecule has 0 aliphatic carbocycles. The van der Waals surface area contributed by atoms with Gasteiger partial charge in [0.2, 0.25) is 11.8 Å². The van der Waals surface area contributed by atoms with Crippen molar-refractivity contribution in [2.24, 2.45) is 5.92 Å². The number of carbonyl (C=O) groups excluding carboxylic acids is 3. The first-order chi connectivity index (χ1) is 14.0. The molecule has 1 aliphatic rings. The Kier molecular flexibility index (Phi) is 6.97. The van der Waals surface area contributed by atoms with Crippen molar-refractivity contribution in [2.75, 3.05) is 37.3 Å². The van der Waals surface area contributed by atoms with E-state index in [0.717, 1.165) is 18.5 Å². The Morgan fingerprint density at radius 2 is 1.52 bits per heavy atom. The summed E-state index contributed by atoms with van der Waals surface area (Å²) in [6, 6.07) is 16.2. The lowest BCUT2D eigenvalue weighted by atomic mass is 9.96. The quantitative estimate of drug-likeness (QED) is 0.701. The largest absolute Gasteiger partial charge is 0.355 e. The Bertz CT molecular complexity index is 844. The van der Waals surface area contributed by atoms with Crippen LogP contribution in [0.5, 0.6) is 0 Å². The molecule has 7 heteroatoms. The summed E-state index contributed by atoms with van der Waals surface area (Å²) in [7, 11) is 1.58. The highest BCUT2D eigenvalue weighted by atomic mass is 16.2. The number of hydrogen-bond acceptors (Lipinski definition) is 4. The fourth-order valence-electron chi connectivity index (χ4n) is 3.37. The molecular formula is C22H26N4O3. The molecule has 0 spiro atoms. The van der Waals surface area contributed by atoms with Crippen molar-refractivity contribution < 1.29 is 14.4 Å². The minimum absolute atomic E-state index is 0.0354. The first-order valence-corrected chi connectivity index (χ1v) is 9.75. The lowest BCUT2D eigenvalue weighted by Gasteiger charge is -2.30. The SMILES string of the molecule is CNC(=O)c1ccc(NC(=O)CN2CCC(C(=O)Nc3ccccc3)CC2)cc1. The van der Waals surface area contributed by atoms with Gasteiger partial charge in [0, 0.05) is 29.9 Å². The third kappa shape index (κ3) is 5.89. The van der Waals surface area contributed by atoms with E-state index in [-0.39, 0.29) is 30.2 Å². The average Bonchev–Trinajstić information content (AvgIpc) is 2.75. The average molecular weight is 394 g/mol. The van der Waals surface area contributed by atoms with E-state index in [9.17, 15) is 14.4 Å². The molecule has 0 saturated carbocycles. The van der Waals surface area contributed by atoms with E-state index >= 15 is 0 Å². The van der Waals surface area contributed by atoms with E-state index in [1.807, 2.05) is 30.3 Å². The van der Waals surface area contributed by atoms with Crippen molar-refractivity contribution in [1.29, 1.82) is 0 Å². The number of para-hydroxylation sites is 1. The van der Waals surface area contributed by atoms with Gasteiger partial charge in [-0.1, -0.05) is 18.2 Å². The van der Waals surface area contributed by atoms with Crippen LogP contribution in [0.15, 0.2) is 54.6 Å². The molecule has 2 aromatic carbocycles.